The van der Waals surface area contributed by atoms with Crippen LogP contribution in [0.15, 0.2) is 24.3 Å². The smallest absolute Gasteiger partial charge is 0.238 e. The molecule has 1 saturated heterocycles. The molecule has 1 aliphatic rings. The third kappa shape index (κ3) is 5.03. The van der Waals surface area contributed by atoms with Gasteiger partial charge in [-0.05, 0) is 24.6 Å². The van der Waals surface area contributed by atoms with Crippen molar-refractivity contribution in [3.8, 4) is 6.07 Å². The number of benzene rings is 1. The Labute approximate surface area is 137 Å². The summed E-state index contributed by atoms with van der Waals surface area (Å²) in [5, 5.41) is 21.1. The number of hydrogen-bond acceptors (Lipinski definition) is 5. The summed E-state index contributed by atoms with van der Waals surface area (Å²) in [5.41, 5.74) is 1.19. The van der Waals surface area contributed by atoms with Gasteiger partial charge in [-0.2, -0.15) is 5.26 Å². The van der Waals surface area contributed by atoms with Crippen LogP contribution in [0, 0.1) is 11.3 Å². The van der Waals surface area contributed by atoms with Crippen molar-refractivity contribution >= 4 is 11.6 Å². The highest BCUT2D eigenvalue weighted by Crippen LogP contribution is 2.11. The second-order valence-electron chi connectivity index (χ2n) is 5.80. The van der Waals surface area contributed by atoms with Gasteiger partial charge >= 0.3 is 0 Å². The molecule has 2 rings (SSSR count). The maximum absolute atomic E-state index is 12.1. The Morgan fingerprint density at radius 1 is 1.39 bits per heavy atom. The topological polar surface area (TPSA) is 79.6 Å². The lowest BCUT2D eigenvalue weighted by molar-refractivity contribution is -0.117. The van der Waals surface area contributed by atoms with Crippen molar-refractivity contribution in [3.63, 3.8) is 0 Å². The minimum absolute atomic E-state index is 0.0669. The molecule has 6 nitrogen and oxygen atoms in total. The van der Waals surface area contributed by atoms with Crippen LogP contribution in [0.5, 0.6) is 0 Å². The number of nitrogens with one attached hydrogen (secondary N) is 1. The largest absolute Gasteiger partial charge is 0.395 e. The summed E-state index contributed by atoms with van der Waals surface area (Å²) in [6.45, 7) is 6.00. The van der Waals surface area contributed by atoms with E-state index in [1.807, 2.05) is 0 Å². The number of carbonyl (C=O) groups is 1. The molecule has 0 radical (unpaired) electrons. The fourth-order valence-electron chi connectivity index (χ4n) is 2.86. The molecule has 6 heteroatoms. The van der Waals surface area contributed by atoms with Crippen molar-refractivity contribution in [1.82, 2.24) is 9.80 Å². The molecule has 1 atom stereocenters. The summed E-state index contributed by atoms with van der Waals surface area (Å²) in [4.78, 5) is 16.5. The Morgan fingerprint density at radius 3 is 2.74 bits per heavy atom. The lowest BCUT2D eigenvalue weighted by Gasteiger charge is -2.38. The number of nitriles is 1. The molecule has 1 amide bonds. The van der Waals surface area contributed by atoms with Crippen LogP contribution in [-0.2, 0) is 4.79 Å². The number of aliphatic hydroxyl groups excluding tert-OH is 1. The average Bonchev–Trinajstić information content (AvgIpc) is 2.57. The van der Waals surface area contributed by atoms with E-state index < -0.39 is 0 Å². The number of carbonyl (C=O) groups excluding carboxylic acids is 1. The maximum Gasteiger partial charge on any atom is 0.238 e. The highest BCUT2D eigenvalue weighted by atomic mass is 16.3. The van der Waals surface area contributed by atoms with Crippen LogP contribution in [0.1, 0.15) is 18.9 Å². The quantitative estimate of drug-likeness (QED) is 0.814. The van der Waals surface area contributed by atoms with E-state index in [2.05, 4.69) is 28.1 Å². The lowest BCUT2D eigenvalue weighted by Crippen LogP contribution is -2.52. The summed E-state index contributed by atoms with van der Waals surface area (Å²) < 4.78 is 0. The number of amides is 1. The first-order valence-electron chi connectivity index (χ1n) is 8.03. The number of rotatable bonds is 6. The molecule has 23 heavy (non-hydrogen) atoms. The molecule has 0 saturated carbocycles. The summed E-state index contributed by atoms with van der Waals surface area (Å²) in [5.74, 6) is -0.0669. The van der Waals surface area contributed by atoms with Gasteiger partial charge in [-0.15, -0.1) is 0 Å². The molecule has 2 N–H and O–H groups in total. The van der Waals surface area contributed by atoms with E-state index in [9.17, 15) is 9.90 Å². The fourth-order valence-corrected chi connectivity index (χ4v) is 2.86. The van der Waals surface area contributed by atoms with E-state index >= 15 is 0 Å². The van der Waals surface area contributed by atoms with Gasteiger partial charge in [0.2, 0.25) is 5.91 Å². The molecule has 1 aromatic carbocycles. The van der Waals surface area contributed by atoms with Gasteiger partial charge < -0.3 is 10.4 Å². The van der Waals surface area contributed by atoms with Gasteiger partial charge in [-0.25, -0.2) is 0 Å². The highest BCUT2D eigenvalue weighted by Gasteiger charge is 2.23. The van der Waals surface area contributed by atoms with Gasteiger partial charge in [0.1, 0.15) is 0 Å². The monoisotopic (exact) mass is 316 g/mol. The van der Waals surface area contributed by atoms with Crippen molar-refractivity contribution in [3.05, 3.63) is 29.8 Å². The first-order valence-corrected chi connectivity index (χ1v) is 8.03. The molecule has 0 aromatic heterocycles. The van der Waals surface area contributed by atoms with E-state index in [4.69, 9.17) is 5.26 Å². The Morgan fingerprint density at radius 2 is 2.13 bits per heavy atom. The molecule has 0 bridgehead atoms. The normalized spacial score (nSPS) is 17.4. The lowest BCUT2D eigenvalue weighted by atomic mass is 10.1. The minimum atomic E-state index is -0.0669. The SMILES string of the molecule is CCC(CO)N1CCN(CC(=O)Nc2cccc(C#N)c2)CC1. The van der Waals surface area contributed by atoms with Crippen LogP contribution in [0.3, 0.4) is 0 Å². The third-order valence-electron chi connectivity index (χ3n) is 4.25. The zero-order valence-corrected chi connectivity index (χ0v) is 13.5. The molecule has 1 unspecified atom stereocenters. The van der Waals surface area contributed by atoms with Crippen LogP contribution < -0.4 is 5.32 Å². The Bertz CT molecular complexity index is 558. The first kappa shape index (κ1) is 17.4. The van der Waals surface area contributed by atoms with Crippen molar-refractivity contribution < 1.29 is 9.90 Å². The molecule has 1 heterocycles. The van der Waals surface area contributed by atoms with Gasteiger partial charge in [0, 0.05) is 37.9 Å². The van der Waals surface area contributed by atoms with Crippen LogP contribution in [0.4, 0.5) is 5.69 Å². The van der Waals surface area contributed by atoms with Crippen molar-refractivity contribution in [2.45, 2.75) is 19.4 Å². The van der Waals surface area contributed by atoms with Gasteiger partial charge in [0.05, 0.1) is 24.8 Å². The number of hydrogen-bond donors (Lipinski definition) is 2. The van der Waals surface area contributed by atoms with Gasteiger partial charge in [0.25, 0.3) is 0 Å². The maximum atomic E-state index is 12.1. The predicted octanol–water partition coefficient (Wildman–Crippen LogP) is 0.885. The van der Waals surface area contributed by atoms with E-state index in [0.29, 0.717) is 17.8 Å². The van der Waals surface area contributed by atoms with Gasteiger partial charge in [-0.1, -0.05) is 13.0 Å². The van der Waals surface area contributed by atoms with E-state index in [1.165, 1.54) is 0 Å². The fraction of sp³-hybridized carbons (Fsp3) is 0.529. The van der Waals surface area contributed by atoms with E-state index in [-0.39, 0.29) is 18.6 Å². The number of aliphatic hydroxyl groups is 1. The zero-order chi connectivity index (χ0) is 16.7. The van der Waals surface area contributed by atoms with Gasteiger partial charge in [0.15, 0.2) is 0 Å². The van der Waals surface area contributed by atoms with Crippen LogP contribution in [0.2, 0.25) is 0 Å². The van der Waals surface area contributed by atoms with Crippen LogP contribution in [0.25, 0.3) is 0 Å². The molecule has 1 aromatic rings. The average molecular weight is 316 g/mol. The Kier molecular flexibility index (Phi) is 6.53. The third-order valence-corrected chi connectivity index (χ3v) is 4.25. The molecule has 0 aliphatic carbocycles. The van der Waals surface area contributed by atoms with Crippen molar-refractivity contribution in [1.29, 1.82) is 5.26 Å². The first-order chi connectivity index (χ1) is 11.2. The number of piperazine rings is 1. The summed E-state index contributed by atoms with van der Waals surface area (Å²) in [6, 6.07) is 9.20. The minimum Gasteiger partial charge on any atom is -0.395 e. The van der Waals surface area contributed by atoms with Crippen LogP contribution in [-0.4, -0.2) is 66.2 Å². The molecule has 0 spiro atoms. The number of anilines is 1. The van der Waals surface area contributed by atoms with Gasteiger partial charge in [-0.3, -0.25) is 14.6 Å². The highest BCUT2D eigenvalue weighted by molar-refractivity contribution is 5.92. The summed E-state index contributed by atoms with van der Waals surface area (Å²) in [6.07, 6.45) is 0.937. The Balaban J connectivity index is 1.79. The second-order valence-corrected chi connectivity index (χ2v) is 5.80. The van der Waals surface area contributed by atoms with E-state index in [0.717, 1.165) is 32.6 Å². The van der Waals surface area contributed by atoms with Crippen LogP contribution >= 0.6 is 0 Å². The molecule has 1 aliphatic heterocycles. The Hall–Kier alpha value is -1.94. The molecule has 1 fully saturated rings. The standard InChI is InChI=1S/C17H24N4O2/c1-2-16(13-22)21-8-6-20(7-9-21)12-17(23)19-15-5-3-4-14(10-15)11-18/h3-5,10,16,22H,2,6-9,12-13H2,1H3,(H,19,23). The predicted molar refractivity (Wildman–Crippen MR) is 89.0 cm³/mol. The zero-order valence-electron chi connectivity index (χ0n) is 13.5. The molecular formula is C17H24N4O2. The number of nitrogens with zero attached hydrogens (tertiary/aromatic N) is 3. The van der Waals surface area contributed by atoms with Crippen molar-refractivity contribution in [2.24, 2.45) is 0 Å². The molecule has 124 valence electrons. The van der Waals surface area contributed by atoms with Crippen molar-refractivity contribution in [2.75, 3.05) is 44.6 Å². The molecular weight excluding hydrogens is 292 g/mol. The summed E-state index contributed by atoms with van der Waals surface area (Å²) in [7, 11) is 0. The second kappa shape index (κ2) is 8.63. The summed E-state index contributed by atoms with van der Waals surface area (Å²) >= 11 is 0. The van der Waals surface area contributed by atoms with E-state index in [1.54, 1.807) is 24.3 Å².